The largest absolute Gasteiger partial charge is 0.357 e. The standard InChI is InChI=1S/C16H18N4OS/c1-9-5-6-10(2)15-14(9)13(21)7-12(17-15)8-22-16-19-18-11(3)20(16)4/h5-7H,8H2,1-4H3,(H,17,21). The first kappa shape index (κ1) is 14.8. The summed E-state index contributed by atoms with van der Waals surface area (Å²) in [6, 6.07) is 5.71. The Morgan fingerprint density at radius 3 is 2.59 bits per heavy atom. The molecule has 2 aromatic heterocycles. The molecule has 1 N–H and O–H groups in total. The Morgan fingerprint density at radius 1 is 1.18 bits per heavy atom. The lowest BCUT2D eigenvalue weighted by Gasteiger charge is -2.08. The number of aromatic amines is 1. The molecule has 0 aliphatic rings. The summed E-state index contributed by atoms with van der Waals surface area (Å²) in [5.74, 6) is 1.53. The molecule has 0 unspecified atom stereocenters. The molecule has 0 amide bonds. The van der Waals surface area contributed by atoms with Crippen molar-refractivity contribution in [1.29, 1.82) is 0 Å². The second kappa shape index (κ2) is 5.61. The monoisotopic (exact) mass is 314 g/mol. The van der Waals surface area contributed by atoms with E-state index in [9.17, 15) is 4.79 Å². The summed E-state index contributed by atoms with van der Waals surface area (Å²) in [6.07, 6.45) is 0. The summed E-state index contributed by atoms with van der Waals surface area (Å²) in [7, 11) is 1.94. The van der Waals surface area contributed by atoms with Crippen molar-refractivity contribution in [2.75, 3.05) is 0 Å². The zero-order valence-corrected chi connectivity index (χ0v) is 13.9. The molecule has 3 aromatic rings. The lowest BCUT2D eigenvalue weighted by atomic mass is 10.0. The smallest absolute Gasteiger partial charge is 0.191 e. The van der Waals surface area contributed by atoms with Gasteiger partial charge in [0.25, 0.3) is 0 Å². The maximum Gasteiger partial charge on any atom is 0.191 e. The van der Waals surface area contributed by atoms with Crippen LogP contribution in [0.3, 0.4) is 0 Å². The van der Waals surface area contributed by atoms with Gasteiger partial charge in [0.15, 0.2) is 10.6 Å². The molecule has 0 radical (unpaired) electrons. The third kappa shape index (κ3) is 2.54. The van der Waals surface area contributed by atoms with Crippen LogP contribution in [0.15, 0.2) is 28.2 Å². The van der Waals surface area contributed by atoms with Crippen LogP contribution in [-0.4, -0.2) is 19.7 Å². The minimum absolute atomic E-state index is 0.0692. The Balaban J connectivity index is 1.97. The number of aryl methyl sites for hydroxylation is 3. The van der Waals surface area contributed by atoms with E-state index >= 15 is 0 Å². The summed E-state index contributed by atoms with van der Waals surface area (Å²) in [6.45, 7) is 5.90. The van der Waals surface area contributed by atoms with Crippen molar-refractivity contribution in [3.63, 3.8) is 0 Å². The van der Waals surface area contributed by atoms with Gasteiger partial charge in [0.1, 0.15) is 5.82 Å². The number of hydrogen-bond donors (Lipinski definition) is 1. The second-order valence-corrected chi connectivity index (χ2v) is 6.43. The zero-order valence-electron chi connectivity index (χ0n) is 13.1. The van der Waals surface area contributed by atoms with Gasteiger partial charge < -0.3 is 9.55 Å². The maximum absolute atomic E-state index is 12.4. The number of benzene rings is 1. The Labute approximate surface area is 132 Å². The maximum atomic E-state index is 12.4. The first-order valence-corrected chi connectivity index (χ1v) is 8.07. The molecule has 22 heavy (non-hydrogen) atoms. The van der Waals surface area contributed by atoms with Gasteiger partial charge in [-0.05, 0) is 31.9 Å². The molecular formula is C16H18N4OS. The summed E-state index contributed by atoms with van der Waals surface area (Å²) in [4.78, 5) is 15.8. The highest BCUT2D eigenvalue weighted by Crippen LogP contribution is 2.22. The molecule has 0 saturated carbocycles. The summed E-state index contributed by atoms with van der Waals surface area (Å²) < 4.78 is 1.94. The van der Waals surface area contributed by atoms with Crippen molar-refractivity contribution >= 4 is 22.7 Å². The van der Waals surface area contributed by atoms with E-state index in [1.54, 1.807) is 17.8 Å². The molecule has 3 rings (SSSR count). The number of pyridine rings is 1. The van der Waals surface area contributed by atoms with Crippen molar-refractivity contribution in [2.45, 2.75) is 31.7 Å². The van der Waals surface area contributed by atoms with Gasteiger partial charge in [-0.15, -0.1) is 10.2 Å². The molecule has 0 aliphatic carbocycles. The van der Waals surface area contributed by atoms with Crippen LogP contribution in [-0.2, 0) is 12.8 Å². The number of nitrogens with one attached hydrogen (secondary N) is 1. The predicted molar refractivity (Wildman–Crippen MR) is 89.3 cm³/mol. The van der Waals surface area contributed by atoms with Crippen molar-refractivity contribution in [3.8, 4) is 0 Å². The number of fused-ring (bicyclic) bond motifs is 1. The highest BCUT2D eigenvalue weighted by Gasteiger charge is 2.10. The predicted octanol–water partition coefficient (Wildman–Crippen LogP) is 2.87. The van der Waals surface area contributed by atoms with Gasteiger partial charge in [0.05, 0.1) is 5.52 Å². The van der Waals surface area contributed by atoms with Crippen LogP contribution in [0.1, 0.15) is 22.6 Å². The van der Waals surface area contributed by atoms with Crippen LogP contribution in [0.5, 0.6) is 0 Å². The summed E-state index contributed by atoms with van der Waals surface area (Å²) in [5, 5.41) is 9.80. The molecule has 0 fully saturated rings. The van der Waals surface area contributed by atoms with Gasteiger partial charge in [-0.25, -0.2) is 0 Å². The van der Waals surface area contributed by atoms with Crippen LogP contribution in [0, 0.1) is 20.8 Å². The van der Waals surface area contributed by atoms with Crippen molar-refractivity contribution in [2.24, 2.45) is 7.05 Å². The van der Waals surface area contributed by atoms with Gasteiger partial charge in [0, 0.05) is 29.9 Å². The average molecular weight is 314 g/mol. The molecule has 0 aliphatic heterocycles. The summed E-state index contributed by atoms with van der Waals surface area (Å²) >= 11 is 1.57. The third-order valence-corrected chi connectivity index (χ3v) is 4.94. The Morgan fingerprint density at radius 2 is 1.91 bits per heavy atom. The number of hydrogen-bond acceptors (Lipinski definition) is 4. The van der Waals surface area contributed by atoms with Gasteiger partial charge in [-0.1, -0.05) is 23.9 Å². The molecule has 5 nitrogen and oxygen atoms in total. The average Bonchev–Trinajstić information content (AvgIpc) is 2.80. The first-order valence-electron chi connectivity index (χ1n) is 7.08. The van der Waals surface area contributed by atoms with Gasteiger partial charge >= 0.3 is 0 Å². The number of nitrogens with zero attached hydrogens (tertiary/aromatic N) is 3. The van der Waals surface area contributed by atoms with Crippen molar-refractivity contribution < 1.29 is 0 Å². The Bertz CT molecular complexity index is 910. The minimum Gasteiger partial charge on any atom is -0.357 e. The lowest BCUT2D eigenvalue weighted by molar-refractivity contribution is 0.765. The molecule has 0 bridgehead atoms. The fourth-order valence-corrected chi connectivity index (χ4v) is 3.31. The second-order valence-electron chi connectivity index (χ2n) is 5.49. The molecule has 1 aromatic carbocycles. The Kier molecular flexibility index (Phi) is 3.78. The van der Waals surface area contributed by atoms with Crippen LogP contribution >= 0.6 is 11.8 Å². The Hall–Kier alpha value is -2.08. The highest BCUT2D eigenvalue weighted by molar-refractivity contribution is 7.98. The minimum atomic E-state index is 0.0692. The molecule has 0 saturated heterocycles. The number of thioether (sulfide) groups is 1. The summed E-state index contributed by atoms with van der Waals surface area (Å²) in [5.41, 5.74) is 3.98. The number of H-pyrrole nitrogens is 1. The molecule has 6 heteroatoms. The molecule has 0 spiro atoms. The SMILES string of the molecule is Cc1ccc(C)c2c(=O)cc(CSc3nnc(C)n3C)[nH]c12. The normalized spacial score (nSPS) is 11.3. The number of aromatic nitrogens is 4. The van der Waals surface area contributed by atoms with E-state index in [1.165, 1.54) is 0 Å². The fraction of sp³-hybridized carbons (Fsp3) is 0.312. The van der Waals surface area contributed by atoms with E-state index in [4.69, 9.17) is 0 Å². The van der Waals surface area contributed by atoms with Crippen LogP contribution < -0.4 is 5.43 Å². The molecule has 2 heterocycles. The van der Waals surface area contributed by atoms with E-state index in [0.717, 1.165) is 38.7 Å². The van der Waals surface area contributed by atoms with Crippen LogP contribution in [0.4, 0.5) is 0 Å². The van der Waals surface area contributed by atoms with E-state index in [1.807, 2.05) is 44.5 Å². The van der Waals surface area contributed by atoms with Gasteiger partial charge in [-0.2, -0.15) is 0 Å². The molecule has 0 atom stereocenters. The van der Waals surface area contributed by atoms with Crippen LogP contribution in [0.25, 0.3) is 10.9 Å². The lowest BCUT2D eigenvalue weighted by Crippen LogP contribution is -2.07. The van der Waals surface area contributed by atoms with E-state index in [0.29, 0.717) is 5.75 Å². The van der Waals surface area contributed by atoms with Crippen LogP contribution in [0.2, 0.25) is 0 Å². The highest BCUT2D eigenvalue weighted by atomic mass is 32.2. The number of rotatable bonds is 3. The molecule has 114 valence electrons. The third-order valence-electron chi connectivity index (χ3n) is 3.87. The van der Waals surface area contributed by atoms with E-state index < -0.39 is 0 Å². The van der Waals surface area contributed by atoms with Crippen molar-refractivity contribution in [1.82, 2.24) is 19.7 Å². The molecular weight excluding hydrogens is 296 g/mol. The fourth-order valence-electron chi connectivity index (χ4n) is 2.45. The topological polar surface area (TPSA) is 63.6 Å². The first-order chi connectivity index (χ1) is 10.5. The zero-order chi connectivity index (χ0) is 15.9. The van der Waals surface area contributed by atoms with E-state index in [-0.39, 0.29) is 5.43 Å². The van der Waals surface area contributed by atoms with E-state index in [2.05, 4.69) is 15.2 Å². The quantitative estimate of drug-likeness (QED) is 0.755. The van der Waals surface area contributed by atoms with Gasteiger partial charge in [-0.3, -0.25) is 4.79 Å². The van der Waals surface area contributed by atoms with Gasteiger partial charge in [0.2, 0.25) is 0 Å². The van der Waals surface area contributed by atoms with Crippen molar-refractivity contribution in [3.05, 3.63) is 51.1 Å².